The first-order valence-electron chi connectivity index (χ1n) is 5.90. The van der Waals surface area contributed by atoms with Crippen molar-refractivity contribution in [2.75, 3.05) is 0 Å². The smallest absolute Gasteiger partial charge is 0.422 e. The summed E-state index contributed by atoms with van der Waals surface area (Å²) >= 11 is 0. The van der Waals surface area contributed by atoms with Crippen LogP contribution in [0.1, 0.15) is 43.6 Å². The molecule has 1 aliphatic carbocycles. The van der Waals surface area contributed by atoms with Gasteiger partial charge in [0, 0.05) is 0 Å². The molecule has 4 heteroatoms. The van der Waals surface area contributed by atoms with E-state index in [9.17, 15) is 5.02 Å². The molecule has 1 aromatic carbocycles. The van der Waals surface area contributed by atoms with E-state index in [1.165, 1.54) is 19.3 Å². The third-order valence-electron chi connectivity index (χ3n) is 3.41. The van der Waals surface area contributed by atoms with Gasteiger partial charge in [0.25, 0.3) is 0 Å². The summed E-state index contributed by atoms with van der Waals surface area (Å²) in [4.78, 5) is 4.02. The second-order valence-electron chi connectivity index (χ2n) is 4.42. The standard InChI is InChI=1S/C12H17BO3/c14-13(16-15)12-9-5-4-8-11(12)10-6-2-1-3-7-10/h4-5,8-10,14-15H,1-3,6-7H2. The number of rotatable bonds is 3. The Morgan fingerprint density at radius 3 is 2.50 bits per heavy atom. The lowest BCUT2D eigenvalue weighted by Crippen LogP contribution is -2.36. The van der Waals surface area contributed by atoms with E-state index in [1.807, 2.05) is 24.3 Å². The van der Waals surface area contributed by atoms with Gasteiger partial charge in [0.1, 0.15) is 0 Å². The first-order valence-corrected chi connectivity index (χ1v) is 5.90. The zero-order valence-corrected chi connectivity index (χ0v) is 9.30. The molecule has 0 aromatic heterocycles. The molecule has 0 atom stereocenters. The average molecular weight is 220 g/mol. The minimum absolute atomic E-state index is 0.495. The van der Waals surface area contributed by atoms with E-state index in [-0.39, 0.29) is 0 Å². The molecule has 0 unspecified atom stereocenters. The zero-order valence-electron chi connectivity index (χ0n) is 9.30. The minimum atomic E-state index is -1.22. The van der Waals surface area contributed by atoms with Crippen molar-refractivity contribution >= 4 is 12.6 Å². The Bertz CT molecular complexity index is 337. The molecule has 0 spiro atoms. The Hall–Kier alpha value is -0.835. The molecule has 1 saturated carbocycles. The van der Waals surface area contributed by atoms with Gasteiger partial charge in [-0.1, -0.05) is 43.5 Å². The van der Waals surface area contributed by atoms with E-state index in [2.05, 4.69) is 4.81 Å². The Morgan fingerprint density at radius 2 is 1.81 bits per heavy atom. The maximum atomic E-state index is 9.57. The second-order valence-corrected chi connectivity index (χ2v) is 4.42. The third-order valence-corrected chi connectivity index (χ3v) is 3.41. The van der Waals surface area contributed by atoms with E-state index in [0.29, 0.717) is 11.4 Å². The highest BCUT2D eigenvalue weighted by Crippen LogP contribution is 2.31. The van der Waals surface area contributed by atoms with Crippen LogP contribution in [-0.4, -0.2) is 17.4 Å². The molecule has 1 aromatic rings. The van der Waals surface area contributed by atoms with Crippen LogP contribution in [0.5, 0.6) is 0 Å². The fraction of sp³-hybridized carbons (Fsp3) is 0.500. The van der Waals surface area contributed by atoms with Gasteiger partial charge in [-0.25, -0.2) is 0 Å². The van der Waals surface area contributed by atoms with Crippen LogP contribution in [0.25, 0.3) is 0 Å². The molecule has 0 bridgehead atoms. The predicted octanol–water partition coefficient (Wildman–Crippen LogP) is 1.91. The summed E-state index contributed by atoms with van der Waals surface area (Å²) in [5, 5.41) is 18.1. The molecular formula is C12H17BO3. The first-order chi connectivity index (χ1) is 7.83. The van der Waals surface area contributed by atoms with Crippen LogP contribution >= 0.6 is 0 Å². The SMILES string of the molecule is OOB(O)c1ccccc1C1CCCCC1. The highest BCUT2D eigenvalue weighted by atomic mass is 17.1. The maximum Gasteiger partial charge on any atom is 0.522 e. The highest BCUT2D eigenvalue weighted by Gasteiger charge is 2.25. The van der Waals surface area contributed by atoms with Gasteiger partial charge in [-0.2, -0.15) is 0 Å². The normalized spacial score (nSPS) is 17.4. The van der Waals surface area contributed by atoms with E-state index in [0.717, 1.165) is 18.4 Å². The van der Waals surface area contributed by atoms with Crippen LogP contribution in [0.4, 0.5) is 0 Å². The number of benzene rings is 1. The van der Waals surface area contributed by atoms with Gasteiger partial charge >= 0.3 is 7.12 Å². The first kappa shape index (κ1) is 11.6. The average Bonchev–Trinajstić information content (AvgIpc) is 2.39. The molecule has 1 aliphatic rings. The van der Waals surface area contributed by atoms with Crippen LogP contribution in [0, 0.1) is 0 Å². The van der Waals surface area contributed by atoms with Gasteiger partial charge in [-0.3, -0.25) is 10.1 Å². The molecule has 0 radical (unpaired) electrons. The quantitative estimate of drug-likeness (QED) is 0.464. The molecule has 1 fully saturated rings. The lowest BCUT2D eigenvalue weighted by atomic mass is 9.71. The van der Waals surface area contributed by atoms with Crippen molar-refractivity contribution < 1.29 is 15.1 Å². The lowest BCUT2D eigenvalue weighted by Gasteiger charge is -2.24. The molecule has 2 rings (SSSR count). The van der Waals surface area contributed by atoms with Gasteiger partial charge in [-0.15, -0.1) is 0 Å². The number of hydrogen-bond acceptors (Lipinski definition) is 3. The van der Waals surface area contributed by atoms with Gasteiger partial charge in [0.05, 0.1) is 0 Å². The van der Waals surface area contributed by atoms with Crippen LogP contribution in [-0.2, 0) is 4.81 Å². The van der Waals surface area contributed by atoms with E-state index in [1.54, 1.807) is 0 Å². The van der Waals surface area contributed by atoms with E-state index >= 15 is 0 Å². The van der Waals surface area contributed by atoms with Gasteiger partial charge in [0.2, 0.25) is 0 Å². The van der Waals surface area contributed by atoms with Crippen LogP contribution in [0.3, 0.4) is 0 Å². The summed E-state index contributed by atoms with van der Waals surface area (Å²) in [7, 11) is -1.22. The van der Waals surface area contributed by atoms with Crippen molar-refractivity contribution in [1.29, 1.82) is 0 Å². The van der Waals surface area contributed by atoms with Crippen molar-refractivity contribution in [2.45, 2.75) is 38.0 Å². The van der Waals surface area contributed by atoms with E-state index < -0.39 is 7.12 Å². The number of hydrogen-bond donors (Lipinski definition) is 2. The van der Waals surface area contributed by atoms with Gasteiger partial charge < -0.3 is 5.02 Å². The van der Waals surface area contributed by atoms with Crippen molar-refractivity contribution in [3.05, 3.63) is 29.8 Å². The molecular weight excluding hydrogens is 203 g/mol. The van der Waals surface area contributed by atoms with Crippen LogP contribution < -0.4 is 5.46 Å². The summed E-state index contributed by atoms with van der Waals surface area (Å²) in [6.07, 6.45) is 6.12. The topological polar surface area (TPSA) is 49.7 Å². The van der Waals surface area contributed by atoms with Gasteiger partial charge in [-0.05, 0) is 29.8 Å². The molecule has 2 N–H and O–H groups in total. The van der Waals surface area contributed by atoms with Crippen molar-refractivity contribution in [1.82, 2.24) is 0 Å². The molecule has 0 saturated heterocycles. The molecule has 16 heavy (non-hydrogen) atoms. The summed E-state index contributed by atoms with van der Waals surface area (Å²) in [5.74, 6) is 0.495. The maximum absolute atomic E-state index is 9.57. The molecule has 86 valence electrons. The monoisotopic (exact) mass is 220 g/mol. The predicted molar refractivity (Wildman–Crippen MR) is 63.6 cm³/mol. The largest absolute Gasteiger partial charge is 0.522 e. The summed E-state index contributed by atoms with van der Waals surface area (Å²) in [6, 6.07) is 7.65. The Kier molecular flexibility index (Phi) is 3.99. The minimum Gasteiger partial charge on any atom is -0.422 e. The lowest BCUT2D eigenvalue weighted by molar-refractivity contribution is -0.154. The van der Waals surface area contributed by atoms with Crippen LogP contribution in [0.15, 0.2) is 24.3 Å². The molecule has 0 heterocycles. The summed E-state index contributed by atoms with van der Waals surface area (Å²) < 4.78 is 0. The fourth-order valence-corrected chi connectivity index (χ4v) is 2.58. The summed E-state index contributed by atoms with van der Waals surface area (Å²) in [5.41, 5.74) is 1.81. The Balaban J connectivity index is 2.24. The van der Waals surface area contributed by atoms with Gasteiger partial charge in [0.15, 0.2) is 0 Å². The molecule has 0 aliphatic heterocycles. The van der Waals surface area contributed by atoms with Crippen molar-refractivity contribution in [2.24, 2.45) is 0 Å². The fourth-order valence-electron chi connectivity index (χ4n) is 2.58. The molecule has 0 amide bonds. The highest BCUT2D eigenvalue weighted by molar-refractivity contribution is 6.60. The van der Waals surface area contributed by atoms with E-state index in [4.69, 9.17) is 5.26 Å². The van der Waals surface area contributed by atoms with Crippen LogP contribution in [0.2, 0.25) is 0 Å². The van der Waals surface area contributed by atoms with Crippen molar-refractivity contribution in [3.8, 4) is 0 Å². The Morgan fingerprint density at radius 1 is 1.12 bits per heavy atom. The third kappa shape index (κ3) is 2.46. The summed E-state index contributed by atoms with van der Waals surface area (Å²) in [6.45, 7) is 0. The Labute approximate surface area is 96.1 Å². The molecule has 3 nitrogen and oxygen atoms in total. The van der Waals surface area contributed by atoms with Crippen molar-refractivity contribution in [3.63, 3.8) is 0 Å². The second kappa shape index (κ2) is 5.48. The zero-order chi connectivity index (χ0) is 11.4.